The molecule has 0 unspecified atom stereocenters. The van der Waals surface area contributed by atoms with Crippen LogP contribution in [-0.4, -0.2) is 11.5 Å². The van der Waals surface area contributed by atoms with Crippen LogP contribution in [0.3, 0.4) is 0 Å². The highest BCUT2D eigenvalue weighted by molar-refractivity contribution is 5.73. The molecule has 3 nitrogen and oxygen atoms in total. The van der Waals surface area contributed by atoms with Gasteiger partial charge in [0.1, 0.15) is 5.52 Å². The lowest BCUT2D eigenvalue weighted by molar-refractivity contribution is 0.539. The van der Waals surface area contributed by atoms with E-state index in [1.165, 1.54) is 5.56 Å². The highest BCUT2D eigenvalue weighted by atomic mass is 16.3. The SMILES string of the molecule is Cc1nc2cc(C(C)(C)CN)ccc2o1. The zero-order valence-corrected chi connectivity index (χ0v) is 9.37. The molecule has 2 rings (SSSR count). The minimum absolute atomic E-state index is 0.0129. The fourth-order valence-electron chi connectivity index (χ4n) is 1.58. The van der Waals surface area contributed by atoms with E-state index in [1.807, 2.05) is 13.0 Å². The number of benzene rings is 1. The Morgan fingerprint density at radius 2 is 2.13 bits per heavy atom. The summed E-state index contributed by atoms with van der Waals surface area (Å²) in [5, 5.41) is 0. The Balaban J connectivity index is 2.55. The molecule has 0 spiro atoms. The van der Waals surface area contributed by atoms with Crippen molar-refractivity contribution in [2.75, 3.05) is 6.54 Å². The average Bonchev–Trinajstić information content (AvgIpc) is 2.56. The minimum atomic E-state index is -0.0129. The zero-order valence-electron chi connectivity index (χ0n) is 9.37. The highest BCUT2D eigenvalue weighted by Gasteiger charge is 2.19. The van der Waals surface area contributed by atoms with E-state index in [-0.39, 0.29) is 5.41 Å². The van der Waals surface area contributed by atoms with Crippen molar-refractivity contribution in [3.8, 4) is 0 Å². The summed E-state index contributed by atoms with van der Waals surface area (Å²) in [6.07, 6.45) is 0. The molecule has 0 atom stereocenters. The first-order valence-corrected chi connectivity index (χ1v) is 5.11. The van der Waals surface area contributed by atoms with E-state index < -0.39 is 0 Å². The summed E-state index contributed by atoms with van der Waals surface area (Å²) in [7, 11) is 0. The van der Waals surface area contributed by atoms with Gasteiger partial charge in [-0.25, -0.2) is 4.98 Å². The number of oxazole rings is 1. The lowest BCUT2D eigenvalue weighted by Crippen LogP contribution is -2.27. The van der Waals surface area contributed by atoms with Gasteiger partial charge in [0.25, 0.3) is 0 Å². The maximum Gasteiger partial charge on any atom is 0.192 e. The standard InChI is InChI=1S/C12H16N2O/c1-8-14-10-6-9(12(2,3)7-13)4-5-11(10)15-8/h4-6H,7,13H2,1-3H3. The van der Waals surface area contributed by atoms with Gasteiger partial charge in [-0.2, -0.15) is 0 Å². The van der Waals surface area contributed by atoms with Crippen LogP contribution < -0.4 is 5.73 Å². The van der Waals surface area contributed by atoms with E-state index in [0.717, 1.165) is 11.1 Å². The lowest BCUT2D eigenvalue weighted by atomic mass is 9.85. The van der Waals surface area contributed by atoms with E-state index >= 15 is 0 Å². The number of nitrogens with zero attached hydrogens (tertiary/aromatic N) is 1. The summed E-state index contributed by atoms with van der Waals surface area (Å²) in [4.78, 5) is 4.31. The summed E-state index contributed by atoms with van der Waals surface area (Å²) >= 11 is 0. The molecule has 0 aliphatic heterocycles. The van der Waals surface area contributed by atoms with Gasteiger partial charge in [-0.1, -0.05) is 19.9 Å². The Morgan fingerprint density at radius 1 is 1.40 bits per heavy atom. The molecule has 0 amide bonds. The third-order valence-electron chi connectivity index (χ3n) is 2.79. The van der Waals surface area contributed by atoms with Crippen molar-refractivity contribution < 1.29 is 4.42 Å². The van der Waals surface area contributed by atoms with Crippen LogP contribution in [0, 0.1) is 6.92 Å². The van der Waals surface area contributed by atoms with E-state index in [4.69, 9.17) is 10.2 Å². The maximum atomic E-state index is 5.74. The number of rotatable bonds is 2. The molecule has 3 heteroatoms. The fourth-order valence-corrected chi connectivity index (χ4v) is 1.58. The maximum absolute atomic E-state index is 5.74. The van der Waals surface area contributed by atoms with Crippen LogP contribution in [0.15, 0.2) is 22.6 Å². The van der Waals surface area contributed by atoms with Gasteiger partial charge in [0.05, 0.1) is 0 Å². The second-order valence-corrected chi connectivity index (χ2v) is 4.50. The molecule has 0 saturated carbocycles. The summed E-state index contributed by atoms with van der Waals surface area (Å²) < 4.78 is 5.43. The molecule has 0 aliphatic carbocycles. The number of nitrogens with two attached hydrogens (primary N) is 1. The first-order chi connectivity index (χ1) is 7.03. The van der Waals surface area contributed by atoms with Gasteiger partial charge in [-0.3, -0.25) is 0 Å². The van der Waals surface area contributed by atoms with Crippen molar-refractivity contribution >= 4 is 11.1 Å². The van der Waals surface area contributed by atoms with Gasteiger partial charge < -0.3 is 10.2 Å². The molecule has 0 saturated heterocycles. The molecule has 0 aliphatic rings. The second-order valence-electron chi connectivity index (χ2n) is 4.50. The second kappa shape index (κ2) is 3.35. The Bertz CT molecular complexity index is 485. The van der Waals surface area contributed by atoms with Crippen LogP contribution in [-0.2, 0) is 5.41 Å². The fraction of sp³-hybridized carbons (Fsp3) is 0.417. The van der Waals surface area contributed by atoms with Gasteiger partial charge >= 0.3 is 0 Å². The van der Waals surface area contributed by atoms with Crippen LogP contribution in [0.4, 0.5) is 0 Å². The summed E-state index contributed by atoms with van der Waals surface area (Å²) in [6, 6.07) is 6.07. The predicted octanol–water partition coefficient (Wildman–Crippen LogP) is 2.37. The molecular formula is C12H16N2O. The van der Waals surface area contributed by atoms with Gasteiger partial charge in [0, 0.05) is 18.9 Å². The van der Waals surface area contributed by atoms with Gasteiger partial charge in [-0.05, 0) is 17.7 Å². The Kier molecular flexibility index (Phi) is 2.27. The number of aryl methyl sites for hydroxylation is 1. The molecule has 1 aromatic carbocycles. The highest BCUT2D eigenvalue weighted by Crippen LogP contribution is 2.25. The van der Waals surface area contributed by atoms with Crippen LogP contribution in [0.5, 0.6) is 0 Å². The first kappa shape index (κ1) is 10.2. The van der Waals surface area contributed by atoms with E-state index in [9.17, 15) is 0 Å². The van der Waals surface area contributed by atoms with Crippen molar-refractivity contribution in [3.63, 3.8) is 0 Å². The number of hydrogen-bond acceptors (Lipinski definition) is 3. The quantitative estimate of drug-likeness (QED) is 0.817. The van der Waals surface area contributed by atoms with E-state index in [2.05, 4.69) is 31.0 Å². The molecule has 2 aromatic rings. The summed E-state index contributed by atoms with van der Waals surface area (Å²) in [5.74, 6) is 0.702. The Morgan fingerprint density at radius 3 is 2.80 bits per heavy atom. The molecule has 0 fully saturated rings. The normalized spacial score (nSPS) is 12.3. The topological polar surface area (TPSA) is 52.0 Å². The summed E-state index contributed by atoms with van der Waals surface area (Å²) in [5.41, 5.74) is 8.68. The third kappa shape index (κ3) is 1.75. The van der Waals surface area contributed by atoms with Crippen LogP contribution in [0.25, 0.3) is 11.1 Å². The first-order valence-electron chi connectivity index (χ1n) is 5.11. The van der Waals surface area contributed by atoms with Gasteiger partial charge in [0.15, 0.2) is 11.5 Å². The van der Waals surface area contributed by atoms with Gasteiger partial charge in [-0.15, -0.1) is 0 Å². The molecule has 0 radical (unpaired) electrons. The van der Waals surface area contributed by atoms with E-state index in [0.29, 0.717) is 12.4 Å². The van der Waals surface area contributed by atoms with Crippen molar-refractivity contribution in [1.82, 2.24) is 4.98 Å². The van der Waals surface area contributed by atoms with Crippen LogP contribution >= 0.6 is 0 Å². The van der Waals surface area contributed by atoms with Crippen LogP contribution in [0.2, 0.25) is 0 Å². The number of hydrogen-bond donors (Lipinski definition) is 1. The largest absolute Gasteiger partial charge is 0.441 e. The molecule has 2 N–H and O–H groups in total. The van der Waals surface area contributed by atoms with Crippen molar-refractivity contribution in [3.05, 3.63) is 29.7 Å². The van der Waals surface area contributed by atoms with Crippen molar-refractivity contribution in [2.24, 2.45) is 5.73 Å². The van der Waals surface area contributed by atoms with Crippen molar-refractivity contribution in [2.45, 2.75) is 26.2 Å². The predicted molar refractivity (Wildman–Crippen MR) is 60.8 cm³/mol. The minimum Gasteiger partial charge on any atom is -0.441 e. The van der Waals surface area contributed by atoms with Crippen molar-refractivity contribution in [1.29, 1.82) is 0 Å². The molecular weight excluding hydrogens is 188 g/mol. The lowest BCUT2D eigenvalue weighted by Gasteiger charge is -2.22. The number of aromatic nitrogens is 1. The molecule has 80 valence electrons. The number of fused-ring (bicyclic) bond motifs is 1. The molecule has 0 bridgehead atoms. The molecule has 15 heavy (non-hydrogen) atoms. The zero-order chi connectivity index (χ0) is 11.1. The summed E-state index contributed by atoms with van der Waals surface area (Å²) in [6.45, 7) is 6.73. The molecule has 1 aromatic heterocycles. The van der Waals surface area contributed by atoms with Crippen LogP contribution in [0.1, 0.15) is 25.3 Å². The molecule has 1 heterocycles. The third-order valence-corrected chi connectivity index (χ3v) is 2.79. The Labute approximate surface area is 89.3 Å². The van der Waals surface area contributed by atoms with Gasteiger partial charge in [0.2, 0.25) is 0 Å². The van der Waals surface area contributed by atoms with E-state index in [1.54, 1.807) is 0 Å². The average molecular weight is 204 g/mol. The smallest absolute Gasteiger partial charge is 0.192 e. The Hall–Kier alpha value is -1.35. The monoisotopic (exact) mass is 204 g/mol.